The lowest BCUT2D eigenvalue weighted by molar-refractivity contribution is 1.43. The summed E-state index contributed by atoms with van der Waals surface area (Å²) < 4.78 is 0. The molecule has 2 rings (SSSR count). The van der Waals surface area contributed by atoms with Crippen LogP contribution < -0.4 is 0 Å². The molecule has 0 bridgehead atoms. The minimum absolute atomic E-state index is 0.429. The third-order valence-electron chi connectivity index (χ3n) is 2.52. The SMILES string of the molecule is Clc1cc(Cl)c(-c2c(Cl)cccc2CBr)cc1Cl. The van der Waals surface area contributed by atoms with Gasteiger partial charge in [0, 0.05) is 21.5 Å². The minimum Gasteiger partial charge on any atom is -0.0876 e. The quantitative estimate of drug-likeness (QED) is 0.391. The van der Waals surface area contributed by atoms with Crippen molar-refractivity contribution in [1.82, 2.24) is 0 Å². The average Bonchev–Trinajstić information content (AvgIpc) is 2.34. The first-order valence-electron chi connectivity index (χ1n) is 5.03. The molecule has 0 radical (unpaired) electrons. The summed E-state index contributed by atoms with van der Waals surface area (Å²) in [5.41, 5.74) is 2.70. The summed E-state index contributed by atoms with van der Waals surface area (Å²) in [6, 6.07) is 9.06. The summed E-state index contributed by atoms with van der Waals surface area (Å²) in [5, 5.41) is 2.72. The van der Waals surface area contributed by atoms with E-state index in [0.29, 0.717) is 25.4 Å². The van der Waals surface area contributed by atoms with Crippen molar-refractivity contribution >= 4 is 62.3 Å². The van der Waals surface area contributed by atoms with E-state index >= 15 is 0 Å². The van der Waals surface area contributed by atoms with Crippen LogP contribution in [0, 0.1) is 0 Å². The lowest BCUT2D eigenvalue weighted by Crippen LogP contribution is -1.89. The fraction of sp³-hybridized carbons (Fsp3) is 0.0769. The Morgan fingerprint density at radius 1 is 0.833 bits per heavy atom. The standard InChI is InChI=1S/C13H7BrCl4/c14-6-7-2-1-3-9(15)13(7)8-4-11(17)12(18)5-10(8)16/h1-5H,6H2. The molecule has 0 atom stereocenters. The van der Waals surface area contributed by atoms with Gasteiger partial charge in [-0.05, 0) is 23.8 Å². The molecule has 0 heterocycles. The Morgan fingerprint density at radius 3 is 2.17 bits per heavy atom. The van der Waals surface area contributed by atoms with Crippen LogP contribution in [0.4, 0.5) is 0 Å². The summed E-state index contributed by atoms with van der Waals surface area (Å²) in [6.45, 7) is 0. The molecule has 0 aromatic heterocycles. The molecule has 5 heteroatoms. The van der Waals surface area contributed by atoms with Crippen LogP contribution >= 0.6 is 62.3 Å². The van der Waals surface area contributed by atoms with Gasteiger partial charge in [0.05, 0.1) is 15.1 Å². The van der Waals surface area contributed by atoms with E-state index in [4.69, 9.17) is 46.4 Å². The first-order chi connectivity index (χ1) is 8.54. The van der Waals surface area contributed by atoms with Gasteiger partial charge in [0.2, 0.25) is 0 Å². The predicted octanol–water partition coefficient (Wildman–Crippen LogP) is 6.86. The zero-order chi connectivity index (χ0) is 13.3. The highest BCUT2D eigenvalue weighted by Crippen LogP contribution is 2.40. The van der Waals surface area contributed by atoms with Crippen LogP contribution in [0.15, 0.2) is 30.3 Å². The summed E-state index contributed by atoms with van der Waals surface area (Å²) in [5.74, 6) is 0. The molecule has 0 N–H and O–H groups in total. The molecule has 0 saturated heterocycles. The van der Waals surface area contributed by atoms with Crippen LogP contribution in [-0.4, -0.2) is 0 Å². The van der Waals surface area contributed by atoms with Crippen LogP contribution in [0.5, 0.6) is 0 Å². The van der Waals surface area contributed by atoms with Gasteiger partial charge in [0.25, 0.3) is 0 Å². The largest absolute Gasteiger partial charge is 0.0876 e. The number of hydrogen-bond donors (Lipinski definition) is 0. The monoisotopic (exact) mass is 382 g/mol. The van der Waals surface area contributed by atoms with Crippen molar-refractivity contribution in [1.29, 1.82) is 0 Å². The van der Waals surface area contributed by atoms with Crippen molar-refractivity contribution in [2.75, 3.05) is 0 Å². The molecular formula is C13H7BrCl4. The van der Waals surface area contributed by atoms with Gasteiger partial charge in [0.1, 0.15) is 0 Å². The maximum absolute atomic E-state index is 6.25. The van der Waals surface area contributed by atoms with Crippen LogP contribution in [0.3, 0.4) is 0 Å². The van der Waals surface area contributed by atoms with Gasteiger partial charge in [-0.2, -0.15) is 0 Å². The van der Waals surface area contributed by atoms with Crippen LogP contribution in [0.25, 0.3) is 11.1 Å². The molecule has 0 fully saturated rings. The van der Waals surface area contributed by atoms with Crippen LogP contribution in [0.2, 0.25) is 20.1 Å². The summed E-state index contributed by atoms with van der Waals surface area (Å²) in [6.07, 6.45) is 0. The number of hydrogen-bond acceptors (Lipinski definition) is 0. The number of rotatable bonds is 2. The molecule has 2 aromatic rings. The van der Waals surface area contributed by atoms with E-state index in [9.17, 15) is 0 Å². The molecule has 0 unspecified atom stereocenters. The Balaban J connectivity index is 2.73. The number of benzene rings is 2. The van der Waals surface area contributed by atoms with Gasteiger partial charge in [-0.25, -0.2) is 0 Å². The summed E-state index contributed by atoms with van der Waals surface area (Å²) in [7, 11) is 0. The third kappa shape index (κ3) is 2.81. The molecule has 0 aliphatic heterocycles. The van der Waals surface area contributed by atoms with Crippen molar-refractivity contribution in [3.63, 3.8) is 0 Å². The Bertz CT molecular complexity index is 596. The number of halogens is 5. The first kappa shape index (κ1) is 14.5. The van der Waals surface area contributed by atoms with E-state index in [-0.39, 0.29) is 0 Å². The van der Waals surface area contributed by atoms with E-state index < -0.39 is 0 Å². The second kappa shape index (κ2) is 6.02. The zero-order valence-corrected chi connectivity index (χ0v) is 13.6. The first-order valence-corrected chi connectivity index (χ1v) is 7.66. The van der Waals surface area contributed by atoms with Gasteiger partial charge < -0.3 is 0 Å². The molecule has 0 spiro atoms. The Labute approximate surface area is 134 Å². The smallest absolute Gasteiger partial charge is 0.0607 e. The van der Waals surface area contributed by atoms with E-state index in [1.807, 2.05) is 18.2 Å². The lowest BCUT2D eigenvalue weighted by atomic mass is 10.0. The fourth-order valence-electron chi connectivity index (χ4n) is 1.70. The molecule has 2 aromatic carbocycles. The molecule has 0 nitrogen and oxygen atoms in total. The lowest BCUT2D eigenvalue weighted by Gasteiger charge is -2.12. The van der Waals surface area contributed by atoms with Gasteiger partial charge in [0.15, 0.2) is 0 Å². The van der Waals surface area contributed by atoms with Crippen molar-refractivity contribution in [2.24, 2.45) is 0 Å². The maximum Gasteiger partial charge on any atom is 0.0607 e. The van der Waals surface area contributed by atoms with Crippen molar-refractivity contribution < 1.29 is 0 Å². The molecule has 0 amide bonds. The van der Waals surface area contributed by atoms with Gasteiger partial charge >= 0.3 is 0 Å². The van der Waals surface area contributed by atoms with E-state index in [1.54, 1.807) is 12.1 Å². The Morgan fingerprint density at radius 2 is 1.50 bits per heavy atom. The van der Waals surface area contributed by atoms with Gasteiger partial charge in [-0.1, -0.05) is 74.5 Å². The second-order valence-corrected chi connectivity index (χ2v) is 5.84. The maximum atomic E-state index is 6.25. The summed E-state index contributed by atoms with van der Waals surface area (Å²) in [4.78, 5) is 0. The fourth-order valence-corrected chi connectivity index (χ4v) is 3.10. The molecule has 94 valence electrons. The highest BCUT2D eigenvalue weighted by Gasteiger charge is 2.14. The van der Waals surface area contributed by atoms with E-state index in [0.717, 1.165) is 16.7 Å². The Kier molecular flexibility index (Phi) is 4.85. The Hall–Kier alpha value is 0.0800. The van der Waals surface area contributed by atoms with E-state index in [2.05, 4.69) is 15.9 Å². The normalized spacial score (nSPS) is 10.7. The summed E-state index contributed by atoms with van der Waals surface area (Å²) >= 11 is 27.9. The zero-order valence-electron chi connectivity index (χ0n) is 8.98. The second-order valence-electron chi connectivity index (χ2n) is 3.65. The van der Waals surface area contributed by atoms with Crippen LogP contribution in [-0.2, 0) is 5.33 Å². The molecule has 0 aliphatic rings. The van der Waals surface area contributed by atoms with Crippen molar-refractivity contribution in [3.05, 3.63) is 56.0 Å². The van der Waals surface area contributed by atoms with Crippen molar-refractivity contribution in [2.45, 2.75) is 5.33 Å². The molecule has 0 saturated carbocycles. The predicted molar refractivity (Wildman–Crippen MR) is 84.5 cm³/mol. The number of alkyl halides is 1. The van der Waals surface area contributed by atoms with E-state index in [1.165, 1.54) is 0 Å². The molecule has 0 aliphatic carbocycles. The highest BCUT2D eigenvalue weighted by atomic mass is 79.9. The minimum atomic E-state index is 0.429. The average molecular weight is 385 g/mol. The topological polar surface area (TPSA) is 0 Å². The van der Waals surface area contributed by atoms with Crippen LogP contribution in [0.1, 0.15) is 5.56 Å². The molecular weight excluding hydrogens is 378 g/mol. The molecule has 18 heavy (non-hydrogen) atoms. The highest BCUT2D eigenvalue weighted by molar-refractivity contribution is 9.08. The third-order valence-corrected chi connectivity index (χ3v) is 4.48. The van der Waals surface area contributed by atoms with Crippen molar-refractivity contribution in [3.8, 4) is 11.1 Å². The van der Waals surface area contributed by atoms with Gasteiger partial charge in [-0.15, -0.1) is 0 Å². The van der Waals surface area contributed by atoms with Gasteiger partial charge in [-0.3, -0.25) is 0 Å².